The second-order valence-electron chi connectivity index (χ2n) is 5.69. The van der Waals surface area contributed by atoms with Crippen LogP contribution < -0.4 is 0 Å². The molecule has 4 heteroatoms. The van der Waals surface area contributed by atoms with Crippen molar-refractivity contribution in [1.29, 1.82) is 0 Å². The zero-order valence-electron chi connectivity index (χ0n) is 13.7. The zero-order chi connectivity index (χ0) is 15.3. The van der Waals surface area contributed by atoms with Crippen LogP contribution in [-0.4, -0.2) is 28.3 Å². The summed E-state index contributed by atoms with van der Waals surface area (Å²) in [5.41, 5.74) is 2.69. The van der Waals surface area contributed by atoms with E-state index in [-0.39, 0.29) is 11.4 Å². The zero-order valence-corrected chi connectivity index (χ0v) is 13.7. The normalized spacial score (nSPS) is 11.9. The Kier molecular flexibility index (Phi) is 5.93. The maximum atomic E-state index is 12.2. The first-order chi connectivity index (χ1) is 9.40. The lowest BCUT2D eigenvalue weighted by Crippen LogP contribution is -2.25. The maximum absolute atomic E-state index is 12.2. The van der Waals surface area contributed by atoms with Gasteiger partial charge in [0.25, 0.3) is 0 Å². The van der Waals surface area contributed by atoms with E-state index < -0.39 is 0 Å². The highest BCUT2D eigenvalue weighted by Gasteiger charge is 2.22. The lowest BCUT2D eigenvalue weighted by molar-refractivity contribution is 0.0111. The van der Waals surface area contributed by atoms with Crippen molar-refractivity contribution >= 4 is 5.78 Å². The summed E-state index contributed by atoms with van der Waals surface area (Å²) in [5, 5.41) is 4.65. The monoisotopic (exact) mass is 280 g/mol. The summed E-state index contributed by atoms with van der Waals surface area (Å²) in [5.74, 6) is 0.205. The summed E-state index contributed by atoms with van der Waals surface area (Å²) in [7, 11) is 1.73. The molecule has 0 bridgehead atoms. The SMILES string of the molecule is CCC(=O)c1c(CC)nn(CCC(C)(C)OC)c1CC. The number of carbonyl (C=O) groups is 1. The highest BCUT2D eigenvalue weighted by atomic mass is 16.5. The van der Waals surface area contributed by atoms with Gasteiger partial charge in [-0.3, -0.25) is 9.48 Å². The van der Waals surface area contributed by atoms with Gasteiger partial charge in [-0.25, -0.2) is 0 Å². The Balaban J connectivity index is 3.08. The van der Waals surface area contributed by atoms with Gasteiger partial charge in [0, 0.05) is 25.8 Å². The van der Waals surface area contributed by atoms with Crippen LogP contribution in [0.2, 0.25) is 0 Å². The van der Waals surface area contributed by atoms with Gasteiger partial charge in [-0.15, -0.1) is 0 Å². The van der Waals surface area contributed by atoms with E-state index in [9.17, 15) is 4.79 Å². The molecule has 20 heavy (non-hydrogen) atoms. The van der Waals surface area contributed by atoms with Crippen LogP contribution in [0.4, 0.5) is 0 Å². The minimum Gasteiger partial charge on any atom is -0.379 e. The Morgan fingerprint density at radius 2 is 1.90 bits per heavy atom. The lowest BCUT2D eigenvalue weighted by atomic mass is 10.0. The molecule has 0 amide bonds. The van der Waals surface area contributed by atoms with Crippen molar-refractivity contribution < 1.29 is 9.53 Å². The number of ketones is 1. The van der Waals surface area contributed by atoms with Crippen molar-refractivity contribution in [3.05, 3.63) is 17.0 Å². The molecule has 0 saturated carbocycles. The van der Waals surface area contributed by atoms with Crippen LogP contribution in [-0.2, 0) is 24.1 Å². The van der Waals surface area contributed by atoms with Crippen LogP contribution >= 0.6 is 0 Å². The third kappa shape index (κ3) is 3.69. The van der Waals surface area contributed by atoms with Crippen molar-refractivity contribution in [1.82, 2.24) is 9.78 Å². The molecule has 0 fully saturated rings. The van der Waals surface area contributed by atoms with Crippen LogP contribution in [0.15, 0.2) is 0 Å². The largest absolute Gasteiger partial charge is 0.379 e. The molecule has 0 spiro atoms. The molecule has 0 radical (unpaired) electrons. The van der Waals surface area contributed by atoms with Crippen LogP contribution in [0, 0.1) is 0 Å². The molecule has 4 nitrogen and oxygen atoms in total. The summed E-state index contributed by atoms with van der Waals surface area (Å²) < 4.78 is 7.46. The summed E-state index contributed by atoms with van der Waals surface area (Å²) in [4.78, 5) is 12.2. The molecule has 0 saturated heterocycles. The van der Waals surface area contributed by atoms with Crippen molar-refractivity contribution in [3.63, 3.8) is 0 Å². The third-order valence-electron chi connectivity index (χ3n) is 3.88. The Morgan fingerprint density at radius 1 is 1.25 bits per heavy atom. The molecule has 0 aliphatic carbocycles. The van der Waals surface area contributed by atoms with E-state index in [1.165, 1.54) is 0 Å². The van der Waals surface area contributed by atoms with E-state index in [0.717, 1.165) is 42.8 Å². The molecular weight excluding hydrogens is 252 g/mol. The Bertz CT molecular complexity index is 461. The van der Waals surface area contributed by atoms with Crippen molar-refractivity contribution in [3.8, 4) is 0 Å². The summed E-state index contributed by atoms with van der Waals surface area (Å²) in [6.07, 6.45) is 3.05. The van der Waals surface area contributed by atoms with Crippen LogP contribution in [0.1, 0.15) is 69.2 Å². The van der Waals surface area contributed by atoms with E-state index in [1.807, 2.05) is 11.6 Å². The number of aryl methyl sites for hydroxylation is 2. The standard InChI is InChI=1S/C16H28N2O2/c1-7-12-15(14(19)9-3)13(8-2)18(17-12)11-10-16(4,5)20-6/h7-11H2,1-6H3. The Hall–Kier alpha value is -1.16. The first-order valence-corrected chi connectivity index (χ1v) is 7.57. The van der Waals surface area contributed by atoms with Gasteiger partial charge in [-0.1, -0.05) is 20.8 Å². The number of aromatic nitrogens is 2. The van der Waals surface area contributed by atoms with E-state index in [2.05, 4.69) is 32.8 Å². The van der Waals surface area contributed by atoms with E-state index in [4.69, 9.17) is 4.74 Å². The number of hydrogen-bond donors (Lipinski definition) is 0. The predicted octanol–water partition coefficient (Wildman–Crippen LogP) is 3.42. The van der Waals surface area contributed by atoms with E-state index in [0.29, 0.717) is 6.42 Å². The topological polar surface area (TPSA) is 44.1 Å². The second-order valence-corrected chi connectivity index (χ2v) is 5.69. The van der Waals surface area contributed by atoms with Crippen molar-refractivity contribution in [2.24, 2.45) is 0 Å². The molecule has 114 valence electrons. The number of methoxy groups -OCH3 is 1. The fourth-order valence-corrected chi connectivity index (χ4v) is 2.32. The first kappa shape index (κ1) is 16.9. The van der Waals surface area contributed by atoms with Gasteiger partial charge in [0.1, 0.15) is 0 Å². The first-order valence-electron chi connectivity index (χ1n) is 7.57. The molecule has 0 unspecified atom stereocenters. The van der Waals surface area contributed by atoms with Gasteiger partial charge < -0.3 is 4.74 Å². The van der Waals surface area contributed by atoms with Crippen LogP contribution in [0.25, 0.3) is 0 Å². The molecule has 1 aromatic rings. The summed E-state index contributed by atoms with van der Waals surface area (Å²) in [6, 6.07) is 0. The van der Waals surface area contributed by atoms with Crippen LogP contribution in [0.5, 0.6) is 0 Å². The van der Waals surface area contributed by atoms with Gasteiger partial charge in [-0.05, 0) is 33.1 Å². The molecule has 0 N–H and O–H groups in total. The number of Topliss-reactive ketones (excluding diaryl/α,β-unsaturated/α-hetero) is 1. The average Bonchev–Trinajstić information content (AvgIpc) is 2.82. The van der Waals surface area contributed by atoms with Gasteiger partial charge >= 0.3 is 0 Å². The molecular formula is C16H28N2O2. The van der Waals surface area contributed by atoms with E-state index >= 15 is 0 Å². The Labute approximate surface area is 122 Å². The minimum atomic E-state index is -0.168. The number of carbonyl (C=O) groups excluding carboxylic acids is 1. The van der Waals surface area contributed by atoms with Crippen LogP contribution in [0.3, 0.4) is 0 Å². The molecule has 0 aliphatic rings. The molecule has 0 aliphatic heterocycles. The average molecular weight is 280 g/mol. The molecule has 0 aromatic carbocycles. The van der Waals surface area contributed by atoms with E-state index in [1.54, 1.807) is 7.11 Å². The number of nitrogens with zero attached hydrogens (tertiary/aromatic N) is 2. The number of rotatable bonds is 8. The quantitative estimate of drug-likeness (QED) is 0.685. The second kappa shape index (κ2) is 7.02. The smallest absolute Gasteiger partial charge is 0.166 e. The third-order valence-corrected chi connectivity index (χ3v) is 3.88. The van der Waals surface area contributed by atoms with Crippen molar-refractivity contribution in [2.45, 2.75) is 72.4 Å². The lowest BCUT2D eigenvalue weighted by Gasteiger charge is -2.23. The molecule has 1 heterocycles. The summed E-state index contributed by atoms with van der Waals surface area (Å²) in [6.45, 7) is 11.0. The highest BCUT2D eigenvalue weighted by Crippen LogP contribution is 2.21. The maximum Gasteiger partial charge on any atom is 0.166 e. The number of ether oxygens (including phenoxy) is 1. The van der Waals surface area contributed by atoms with Gasteiger partial charge in [0.15, 0.2) is 5.78 Å². The summed E-state index contributed by atoms with van der Waals surface area (Å²) >= 11 is 0. The minimum absolute atomic E-state index is 0.168. The molecule has 1 rings (SSSR count). The predicted molar refractivity (Wildman–Crippen MR) is 81.3 cm³/mol. The molecule has 0 atom stereocenters. The highest BCUT2D eigenvalue weighted by molar-refractivity contribution is 5.98. The van der Waals surface area contributed by atoms with Gasteiger partial charge in [-0.2, -0.15) is 5.10 Å². The van der Waals surface area contributed by atoms with Gasteiger partial charge in [0.2, 0.25) is 0 Å². The fraction of sp³-hybridized carbons (Fsp3) is 0.750. The Morgan fingerprint density at radius 3 is 2.35 bits per heavy atom. The fourth-order valence-electron chi connectivity index (χ4n) is 2.32. The van der Waals surface area contributed by atoms with Crippen molar-refractivity contribution in [2.75, 3.05) is 7.11 Å². The molecule has 1 aromatic heterocycles. The number of hydrogen-bond acceptors (Lipinski definition) is 3. The van der Waals surface area contributed by atoms with Gasteiger partial charge in [0.05, 0.1) is 16.9 Å².